The van der Waals surface area contributed by atoms with Gasteiger partial charge in [0.05, 0.1) is 5.69 Å². The Morgan fingerprint density at radius 2 is 1.55 bits per heavy atom. The Kier molecular flexibility index (Phi) is 5.93. The van der Waals surface area contributed by atoms with E-state index < -0.39 is 17.8 Å². The van der Waals surface area contributed by atoms with Gasteiger partial charge in [0.2, 0.25) is 0 Å². The van der Waals surface area contributed by atoms with Crippen LogP contribution in [0.15, 0.2) is 88.2 Å². The molecule has 1 heterocycles. The number of halogens is 1. The number of anilines is 1. The summed E-state index contributed by atoms with van der Waals surface area (Å²) in [4.78, 5) is 40.6. The Hall–Kier alpha value is -3.35. The van der Waals surface area contributed by atoms with Crippen molar-refractivity contribution in [3.8, 4) is 0 Å². The monoisotopic (exact) mass is 448 g/mol. The van der Waals surface area contributed by atoms with Gasteiger partial charge in [0.25, 0.3) is 11.8 Å². The molecule has 0 atom stereocenters. The van der Waals surface area contributed by atoms with E-state index in [9.17, 15) is 14.4 Å². The predicted molar refractivity (Wildman–Crippen MR) is 122 cm³/mol. The molecule has 0 unspecified atom stereocenters. The largest absolute Gasteiger partial charge is 0.335 e. The zero-order chi connectivity index (χ0) is 22.0. The number of nitrogens with zero attached hydrogens (tertiary/aromatic N) is 1. The van der Waals surface area contributed by atoms with E-state index in [4.69, 9.17) is 11.6 Å². The highest BCUT2D eigenvalue weighted by molar-refractivity contribution is 7.99. The third-order valence-electron chi connectivity index (χ3n) is 4.62. The summed E-state index contributed by atoms with van der Waals surface area (Å²) in [5.41, 5.74) is 2.04. The van der Waals surface area contributed by atoms with Crippen LogP contribution in [-0.4, -0.2) is 17.8 Å². The molecular weight excluding hydrogens is 432 g/mol. The Morgan fingerprint density at radius 1 is 0.903 bits per heavy atom. The molecular formula is C24H17ClN2O3S. The van der Waals surface area contributed by atoms with Gasteiger partial charge in [-0.2, -0.15) is 0 Å². The highest BCUT2D eigenvalue weighted by Crippen LogP contribution is 2.29. The summed E-state index contributed by atoms with van der Waals surface area (Å²) in [6.07, 6.45) is 1.47. The lowest BCUT2D eigenvalue weighted by Crippen LogP contribution is -2.54. The molecule has 1 fully saturated rings. The van der Waals surface area contributed by atoms with Crippen molar-refractivity contribution in [3.05, 3.63) is 94.5 Å². The third kappa shape index (κ3) is 4.71. The molecule has 7 heteroatoms. The standard InChI is InChI=1S/C24H17ClN2O3S/c1-15-5-9-19(10-6-15)31-20-11-7-16(8-12-20)13-21-22(28)26-24(30)27(23(21)29)18-4-2-3-17(25)14-18/h2-14H,1H3,(H,26,28,30)/b21-13+. The Morgan fingerprint density at radius 3 is 2.19 bits per heavy atom. The van der Waals surface area contributed by atoms with Crippen molar-refractivity contribution in [1.29, 1.82) is 0 Å². The number of carbonyl (C=O) groups is 3. The zero-order valence-corrected chi connectivity index (χ0v) is 18.0. The molecule has 1 aliphatic rings. The Balaban J connectivity index is 1.57. The number of barbiturate groups is 1. The number of carbonyl (C=O) groups excluding carboxylic acids is 3. The van der Waals surface area contributed by atoms with Gasteiger partial charge < -0.3 is 0 Å². The van der Waals surface area contributed by atoms with Crippen molar-refractivity contribution in [2.75, 3.05) is 4.90 Å². The molecule has 4 rings (SSSR count). The van der Waals surface area contributed by atoms with Crippen LogP contribution in [0.5, 0.6) is 0 Å². The maximum Gasteiger partial charge on any atom is 0.335 e. The molecule has 4 amide bonds. The fourth-order valence-electron chi connectivity index (χ4n) is 3.05. The number of rotatable bonds is 4. The smallest absolute Gasteiger partial charge is 0.273 e. The second-order valence-corrected chi connectivity index (χ2v) is 8.51. The van der Waals surface area contributed by atoms with Crippen LogP contribution >= 0.6 is 23.4 Å². The number of hydrogen-bond acceptors (Lipinski definition) is 4. The SMILES string of the molecule is Cc1ccc(Sc2ccc(/C=C3\C(=O)NC(=O)N(c4cccc(Cl)c4)C3=O)cc2)cc1. The van der Waals surface area contributed by atoms with Gasteiger partial charge in [-0.3, -0.25) is 14.9 Å². The lowest BCUT2D eigenvalue weighted by Gasteiger charge is -2.26. The van der Waals surface area contributed by atoms with Gasteiger partial charge in [-0.1, -0.05) is 59.3 Å². The molecule has 1 aliphatic heterocycles. The fourth-order valence-corrected chi connectivity index (χ4v) is 4.05. The number of urea groups is 1. The molecule has 1 N–H and O–H groups in total. The molecule has 0 radical (unpaired) electrons. The summed E-state index contributed by atoms with van der Waals surface area (Å²) in [7, 11) is 0. The van der Waals surface area contributed by atoms with Crippen molar-refractivity contribution >= 4 is 53.0 Å². The molecule has 0 aromatic heterocycles. The maximum atomic E-state index is 12.9. The van der Waals surface area contributed by atoms with Gasteiger partial charge in [-0.05, 0) is 61.0 Å². The summed E-state index contributed by atoms with van der Waals surface area (Å²) in [5, 5.41) is 2.59. The Bertz CT molecular complexity index is 1200. The van der Waals surface area contributed by atoms with E-state index >= 15 is 0 Å². The first-order valence-electron chi connectivity index (χ1n) is 9.42. The highest BCUT2D eigenvalue weighted by Gasteiger charge is 2.36. The third-order valence-corrected chi connectivity index (χ3v) is 5.87. The van der Waals surface area contributed by atoms with E-state index in [0.717, 1.165) is 14.7 Å². The first-order valence-corrected chi connectivity index (χ1v) is 10.6. The van der Waals surface area contributed by atoms with Crippen LogP contribution < -0.4 is 10.2 Å². The normalized spacial score (nSPS) is 15.4. The predicted octanol–water partition coefficient (Wildman–Crippen LogP) is 5.47. The molecule has 31 heavy (non-hydrogen) atoms. The molecule has 0 aliphatic carbocycles. The summed E-state index contributed by atoms with van der Waals surface area (Å²) < 4.78 is 0. The average molecular weight is 449 g/mol. The summed E-state index contributed by atoms with van der Waals surface area (Å²) in [5.74, 6) is -1.43. The first-order chi connectivity index (χ1) is 14.9. The van der Waals surface area contributed by atoms with Gasteiger partial charge in [0.15, 0.2) is 0 Å². The van der Waals surface area contributed by atoms with Gasteiger partial charge in [-0.25, -0.2) is 9.69 Å². The molecule has 0 spiro atoms. The molecule has 154 valence electrons. The van der Waals surface area contributed by atoms with Crippen LogP contribution in [0.3, 0.4) is 0 Å². The number of nitrogens with one attached hydrogen (secondary N) is 1. The van der Waals surface area contributed by atoms with Crippen LogP contribution in [0.4, 0.5) is 10.5 Å². The van der Waals surface area contributed by atoms with Crippen LogP contribution in [0.25, 0.3) is 6.08 Å². The number of amides is 4. The zero-order valence-electron chi connectivity index (χ0n) is 16.5. The average Bonchev–Trinajstić information content (AvgIpc) is 2.74. The van der Waals surface area contributed by atoms with E-state index in [1.54, 1.807) is 30.0 Å². The second-order valence-electron chi connectivity index (χ2n) is 6.92. The number of benzene rings is 3. The first kappa shape index (κ1) is 20.9. The van der Waals surface area contributed by atoms with Crippen LogP contribution in [0.2, 0.25) is 5.02 Å². The van der Waals surface area contributed by atoms with E-state index in [-0.39, 0.29) is 5.57 Å². The molecule has 5 nitrogen and oxygen atoms in total. The van der Waals surface area contributed by atoms with Crippen molar-refractivity contribution in [1.82, 2.24) is 5.32 Å². The maximum absolute atomic E-state index is 12.9. The Labute approximate surface area is 188 Å². The highest BCUT2D eigenvalue weighted by atomic mass is 35.5. The van der Waals surface area contributed by atoms with Crippen molar-refractivity contribution < 1.29 is 14.4 Å². The molecule has 0 saturated carbocycles. The van der Waals surface area contributed by atoms with Crippen molar-refractivity contribution in [3.63, 3.8) is 0 Å². The van der Waals surface area contributed by atoms with Gasteiger partial charge >= 0.3 is 6.03 Å². The topological polar surface area (TPSA) is 66.5 Å². The van der Waals surface area contributed by atoms with Crippen molar-refractivity contribution in [2.45, 2.75) is 16.7 Å². The minimum Gasteiger partial charge on any atom is -0.273 e. The minimum absolute atomic E-state index is 0.126. The molecule has 3 aromatic carbocycles. The van der Waals surface area contributed by atoms with Crippen molar-refractivity contribution in [2.24, 2.45) is 0 Å². The van der Waals surface area contributed by atoms with E-state index in [0.29, 0.717) is 16.3 Å². The number of aryl methyl sites for hydroxylation is 1. The number of hydrogen-bond donors (Lipinski definition) is 1. The lowest BCUT2D eigenvalue weighted by molar-refractivity contribution is -0.122. The van der Waals surface area contributed by atoms with Crippen LogP contribution in [0, 0.1) is 6.92 Å². The van der Waals surface area contributed by atoms with Crippen LogP contribution in [-0.2, 0) is 9.59 Å². The fraction of sp³-hybridized carbons (Fsp3) is 0.0417. The van der Waals surface area contributed by atoms with E-state index in [1.165, 1.54) is 17.7 Å². The minimum atomic E-state index is -0.806. The van der Waals surface area contributed by atoms with Gasteiger partial charge in [0, 0.05) is 14.8 Å². The molecule has 0 bridgehead atoms. The van der Waals surface area contributed by atoms with E-state index in [2.05, 4.69) is 29.6 Å². The molecule has 3 aromatic rings. The number of imide groups is 2. The molecule has 1 saturated heterocycles. The summed E-state index contributed by atoms with van der Waals surface area (Å²) in [6, 6.07) is 21.2. The summed E-state index contributed by atoms with van der Waals surface area (Å²) in [6.45, 7) is 2.04. The quantitative estimate of drug-likeness (QED) is 0.424. The lowest BCUT2D eigenvalue weighted by atomic mass is 10.1. The van der Waals surface area contributed by atoms with Gasteiger partial charge in [0.1, 0.15) is 5.57 Å². The van der Waals surface area contributed by atoms with Crippen LogP contribution in [0.1, 0.15) is 11.1 Å². The summed E-state index contributed by atoms with van der Waals surface area (Å²) >= 11 is 7.60. The van der Waals surface area contributed by atoms with Gasteiger partial charge in [-0.15, -0.1) is 0 Å². The van der Waals surface area contributed by atoms with E-state index in [1.807, 2.05) is 31.2 Å². The second kappa shape index (κ2) is 8.79.